The molecule has 0 fully saturated rings. The van der Waals surface area contributed by atoms with Crippen molar-refractivity contribution in [3.8, 4) is 11.8 Å². The first-order valence-electron chi connectivity index (χ1n) is 6.50. The van der Waals surface area contributed by atoms with Gasteiger partial charge in [-0.1, -0.05) is 17.9 Å². The molecule has 0 aliphatic carbocycles. The molecule has 1 rings (SSSR count). The minimum atomic E-state index is -3.10. The molecule has 0 radical (unpaired) electrons. The number of nitrogens with one attached hydrogen (secondary N) is 1. The van der Waals surface area contributed by atoms with Gasteiger partial charge in [0, 0.05) is 30.3 Å². The maximum atomic E-state index is 12.0. The van der Waals surface area contributed by atoms with E-state index in [0.717, 1.165) is 11.8 Å². The zero-order valence-corrected chi connectivity index (χ0v) is 13.0. The monoisotopic (exact) mass is 309 g/mol. The van der Waals surface area contributed by atoms with Crippen molar-refractivity contribution in [2.75, 3.05) is 25.2 Å². The van der Waals surface area contributed by atoms with Gasteiger partial charge >= 0.3 is 0 Å². The zero-order chi connectivity index (χ0) is 15.9. The Balaban J connectivity index is 2.79. The Labute approximate surface area is 125 Å². The molecule has 0 heterocycles. The molecule has 0 atom stereocenters. The van der Waals surface area contributed by atoms with Gasteiger partial charge in [-0.15, -0.1) is 0 Å². The molecule has 0 aromatic heterocycles. The molecule has 5 nitrogen and oxygen atoms in total. The topological polar surface area (TPSA) is 83.5 Å². The molecule has 21 heavy (non-hydrogen) atoms. The molecule has 0 spiro atoms. The van der Waals surface area contributed by atoms with Crippen LogP contribution in [0.2, 0.25) is 0 Å². The van der Waals surface area contributed by atoms with E-state index in [-0.39, 0.29) is 24.8 Å². The summed E-state index contributed by atoms with van der Waals surface area (Å²) in [5, 5.41) is 11.3. The summed E-state index contributed by atoms with van der Waals surface area (Å²) in [5.41, 5.74) is 1.95. The zero-order valence-electron chi connectivity index (χ0n) is 12.1. The Morgan fingerprint density at radius 2 is 2.10 bits per heavy atom. The summed E-state index contributed by atoms with van der Waals surface area (Å²) in [6, 6.07) is 5.25. The third-order valence-electron chi connectivity index (χ3n) is 2.71. The lowest BCUT2D eigenvalue weighted by Crippen LogP contribution is -2.29. The van der Waals surface area contributed by atoms with Crippen LogP contribution < -0.4 is 5.32 Å². The fourth-order valence-corrected chi connectivity index (χ4v) is 2.08. The van der Waals surface area contributed by atoms with E-state index >= 15 is 0 Å². The molecular weight excluding hydrogens is 290 g/mol. The lowest BCUT2D eigenvalue weighted by Gasteiger charge is -2.07. The Bertz CT molecular complexity index is 669. The molecule has 6 heteroatoms. The third-order valence-corrected chi connectivity index (χ3v) is 3.66. The summed E-state index contributed by atoms with van der Waals surface area (Å²) in [7, 11) is -3.10. The van der Waals surface area contributed by atoms with E-state index < -0.39 is 9.84 Å². The standard InChI is InChI=1S/C15H19NO4S/c1-12-6-7-13(5-3-4-9-17)11-14(12)15(18)16-8-10-21(2,19)20/h6-7,11,17H,4,8-10H2,1-2H3,(H,16,18). The van der Waals surface area contributed by atoms with Gasteiger partial charge in [-0.2, -0.15) is 0 Å². The van der Waals surface area contributed by atoms with Crippen molar-refractivity contribution in [2.45, 2.75) is 13.3 Å². The van der Waals surface area contributed by atoms with Gasteiger partial charge in [0.05, 0.1) is 12.4 Å². The van der Waals surface area contributed by atoms with Crippen molar-refractivity contribution in [3.63, 3.8) is 0 Å². The highest BCUT2D eigenvalue weighted by Crippen LogP contribution is 2.10. The average Bonchev–Trinajstić information content (AvgIpc) is 2.39. The van der Waals surface area contributed by atoms with Gasteiger partial charge in [0.25, 0.3) is 5.91 Å². The van der Waals surface area contributed by atoms with Crippen LogP contribution in [0.4, 0.5) is 0 Å². The molecule has 0 unspecified atom stereocenters. The maximum Gasteiger partial charge on any atom is 0.251 e. The molecule has 0 aliphatic heterocycles. The Hall–Kier alpha value is -1.84. The van der Waals surface area contributed by atoms with Gasteiger partial charge in [0.15, 0.2) is 0 Å². The second-order valence-corrected chi connectivity index (χ2v) is 6.95. The normalized spacial score (nSPS) is 10.6. The van der Waals surface area contributed by atoms with Gasteiger partial charge in [-0.05, 0) is 24.6 Å². The summed E-state index contributed by atoms with van der Waals surface area (Å²) in [4.78, 5) is 12.0. The van der Waals surface area contributed by atoms with Crippen LogP contribution in [0, 0.1) is 18.8 Å². The minimum absolute atomic E-state index is 0.00229. The van der Waals surface area contributed by atoms with Gasteiger partial charge in [-0.25, -0.2) is 8.42 Å². The maximum absolute atomic E-state index is 12.0. The lowest BCUT2D eigenvalue weighted by molar-refractivity contribution is 0.0955. The van der Waals surface area contributed by atoms with E-state index in [9.17, 15) is 13.2 Å². The predicted molar refractivity (Wildman–Crippen MR) is 81.8 cm³/mol. The highest BCUT2D eigenvalue weighted by molar-refractivity contribution is 7.90. The van der Waals surface area contributed by atoms with Crippen LogP contribution in [-0.2, 0) is 9.84 Å². The number of aryl methyl sites for hydroxylation is 1. The molecular formula is C15H19NO4S. The quantitative estimate of drug-likeness (QED) is 0.776. The first kappa shape index (κ1) is 17.2. The molecule has 2 N–H and O–H groups in total. The molecule has 114 valence electrons. The van der Waals surface area contributed by atoms with Gasteiger partial charge in [0.1, 0.15) is 9.84 Å². The second kappa shape index (κ2) is 7.81. The fourth-order valence-electron chi connectivity index (χ4n) is 1.61. The minimum Gasteiger partial charge on any atom is -0.395 e. The van der Waals surface area contributed by atoms with Crippen molar-refractivity contribution < 1.29 is 18.3 Å². The Kier molecular flexibility index (Phi) is 6.40. The third kappa shape index (κ3) is 6.43. The average molecular weight is 309 g/mol. The summed E-state index contributed by atoms with van der Waals surface area (Å²) < 4.78 is 22.1. The number of carbonyl (C=O) groups is 1. The molecule has 1 aromatic carbocycles. The van der Waals surface area contributed by atoms with Crippen molar-refractivity contribution in [1.82, 2.24) is 5.32 Å². The molecule has 1 aromatic rings. The van der Waals surface area contributed by atoms with Crippen LogP contribution in [0.3, 0.4) is 0 Å². The molecule has 0 saturated carbocycles. The van der Waals surface area contributed by atoms with Crippen LogP contribution in [0.5, 0.6) is 0 Å². The van der Waals surface area contributed by atoms with E-state index in [0.29, 0.717) is 17.5 Å². The van der Waals surface area contributed by atoms with Crippen LogP contribution in [0.25, 0.3) is 0 Å². The highest BCUT2D eigenvalue weighted by Gasteiger charge is 2.10. The number of hydrogen-bond acceptors (Lipinski definition) is 4. The van der Waals surface area contributed by atoms with Crippen LogP contribution >= 0.6 is 0 Å². The van der Waals surface area contributed by atoms with Gasteiger partial charge in [0.2, 0.25) is 0 Å². The number of hydrogen-bond donors (Lipinski definition) is 2. The van der Waals surface area contributed by atoms with Crippen LogP contribution in [0.15, 0.2) is 18.2 Å². The first-order valence-corrected chi connectivity index (χ1v) is 8.56. The number of sulfone groups is 1. The van der Waals surface area contributed by atoms with Crippen molar-refractivity contribution in [1.29, 1.82) is 0 Å². The fraction of sp³-hybridized carbons (Fsp3) is 0.400. The number of aliphatic hydroxyl groups is 1. The second-order valence-electron chi connectivity index (χ2n) is 4.69. The van der Waals surface area contributed by atoms with Crippen LogP contribution in [0.1, 0.15) is 27.9 Å². The predicted octanol–water partition coefficient (Wildman–Crippen LogP) is 0.503. The number of benzene rings is 1. The van der Waals surface area contributed by atoms with E-state index in [1.807, 2.05) is 0 Å². The number of amides is 1. The Morgan fingerprint density at radius 1 is 1.38 bits per heavy atom. The number of carbonyl (C=O) groups excluding carboxylic acids is 1. The summed E-state index contributed by atoms with van der Waals surface area (Å²) in [6.07, 6.45) is 1.51. The highest BCUT2D eigenvalue weighted by atomic mass is 32.2. The largest absolute Gasteiger partial charge is 0.395 e. The van der Waals surface area contributed by atoms with Crippen LogP contribution in [-0.4, -0.2) is 44.6 Å². The molecule has 0 aliphatic rings. The number of rotatable bonds is 5. The first-order chi connectivity index (χ1) is 9.83. The van der Waals surface area contributed by atoms with Crippen molar-refractivity contribution in [2.24, 2.45) is 0 Å². The van der Waals surface area contributed by atoms with E-state index in [2.05, 4.69) is 17.2 Å². The molecule has 0 bridgehead atoms. The van der Waals surface area contributed by atoms with E-state index in [1.54, 1.807) is 25.1 Å². The summed E-state index contributed by atoms with van der Waals surface area (Å²) in [6.45, 7) is 1.88. The van der Waals surface area contributed by atoms with Crippen molar-refractivity contribution in [3.05, 3.63) is 34.9 Å². The molecule has 1 amide bonds. The van der Waals surface area contributed by atoms with Gasteiger partial charge < -0.3 is 10.4 Å². The molecule has 0 saturated heterocycles. The SMILES string of the molecule is Cc1ccc(C#CCCO)cc1C(=O)NCCS(C)(=O)=O. The smallest absolute Gasteiger partial charge is 0.251 e. The van der Waals surface area contributed by atoms with Gasteiger partial charge in [-0.3, -0.25) is 4.79 Å². The summed E-state index contributed by atoms with van der Waals surface area (Å²) in [5.74, 6) is 5.24. The number of aliphatic hydroxyl groups excluding tert-OH is 1. The lowest BCUT2D eigenvalue weighted by atomic mass is 10.0. The summed E-state index contributed by atoms with van der Waals surface area (Å²) >= 11 is 0. The van der Waals surface area contributed by atoms with Crippen molar-refractivity contribution >= 4 is 15.7 Å². The van der Waals surface area contributed by atoms with E-state index in [4.69, 9.17) is 5.11 Å². The Morgan fingerprint density at radius 3 is 2.71 bits per heavy atom. The van der Waals surface area contributed by atoms with E-state index in [1.165, 1.54) is 0 Å².